The molecule has 0 aliphatic rings. The molecule has 1 rings (SSSR count). The molecule has 0 amide bonds. The Morgan fingerprint density at radius 1 is 1.17 bits per heavy atom. The van der Waals surface area contributed by atoms with Gasteiger partial charge >= 0.3 is 0 Å². The lowest BCUT2D eigenvalue weighted by molar-refractivity contribution is 0.530. The number of aryl methyl sites for hydroxylation is 1. The van der Waals surface area contributed by atoms with Gasteiger partial charge in [-0.3, -0.25) is 0 Å². The highest BCUT2D eigenvalue weighted by Crippen LogP contribution is 2.15. The van der Waals surface area contributed by atoms with Gasteiger partial charge in [-0.25, -0.2) is 0 Å². The largest absolute Gasteiger partial charge is 0.316 e. The Bertz CT molecular complexity index is 350. The van der Waals surface area contributed by atoms with Crippen molar-refractivity contribution in [2.45, 2.75) is 33.7 Å². The quantitative estimate of drug-likeness (QED) is 0.718. The first-order chi connectivity index (χ1) is 8.59. The minimum absolute atomic E-state index is 0.738. The minimum Gasteiger partial charge on any atom is -0.316 e. The predicted octanol–water partition coefficient (Wildman–Crippen LogP) is 3.48. The molecule has 102 valence electrons. The fraction of sp³-hybridized carbons (Fsp3) is 0.600. The first kappa shape index (κ1) is 15.7. The van der Waals surface area contributed by atoms with Crippen LogP contribution in [0.2, 0.25) is 0 Å². The SMILES string of the molecule is Cc1ccc(Br)cc1CNCCCNCC(C)C. The van der Waals surface area contributed by atoms with Crippen molar-refractivity contribution in [3.05, 3.63) is 33.8 Å². The van der Waals surface area contributed by atoms with Crippen LogP contribution in [0.25, 0.3) is 0 Å². The van der Waals surface area contributed by atoms with Crippen molar-refractivity contribution in [2.24, 2.45) is 5.92 Å². The van der Waals surface area contributed by atoms with Gasteiger partial charge in [0.05, 0.1) is 0 Å². The molecule has 0 aliphatic heterocycles. The highest BCUT2D eigenvalue weighted by molar-refractivity contribution is 9.10. The summed E-state index contributed by atoms with van der Waals surface area (Å²) in [4.78, 5) is 0. The second-order valence-corrected chi connectivity index (χ2v) is 6.11. The van der Waals surface area contributed by atoms with E-state index in [-0.39, 0.29) is 0 Å². The van der Waals surface area contributed by atoms with Crippen LogP contribution in [0.5, 0.6) is 0 Å². The lowest BCUT2D eigenvalue weighted by Crippen LogP contribution is -2.24. The molecule has 0 unspecified atom stereocenters. The molecule has 2 N–H and O–H groups in total. The summed E-state index contributed by atoms with van der Waals surface area (Å²) in [6.07, 6.45) is 1.18. The fourth-order valence-electron chi connectivity index (χ4n) is 1.78. The Balaban J connectivity index is 2.12. The number of nitrogens with one attached hydrogen (secondary N) is 2. The van der Waals surface area contributed by atoms with Crippen molar-refractivity contribution in [1.29, 1.82) is 0 Å². The number of rotatable bonds is 8. The molecule has 0 aromatic heterocycles. The first-order valence-electron chi connectivity index (χ1n) is 6.76. The van der Waals surface area contributed by atoms with Crippen LogP contribution in [-0.4, -0.2) is 19.6 Å². The van der Waals surface area contributed by atoms with Crippen molar-refractivity contribution in [3.63, 3.8) is 0 Å². The van der Waals surface area contributed by atoms with Gasteiger partial charge in [0.2, 0.25) is 0 Å². The predicted molar refractivity (Wildman–Crippen MR) is 82.9 cm³/mol. The van der Waals surface area contributed by atoms with Crippen LogP contribution in [-0.2, 0) is 6.54 Å². The summed E-state index contributed by atoms with van der Waals surface area (Å²) in [5, 5.41) is 6.95. The van der Waals surface area contributed by atoms with E-state index in [1.165, 1.54) is 17.5 Å². The third-order valence-corrected chi connectivity index (χ3v) is 3.38. The number of hydrogen-bond donors (Lipinski definition) is 2. The summed E-state index contributed by atoms with van der Waals surface area (Å²) in [7, 11) is 0. The molecule has 1 aromatic carbocycles. The maximum absolute atomic E-state index is 3.52. The summed E-state index contributed by atoms with van der Waals surface area (Å²) in [6, 6.07) is 6.44. The molecule has 0 fully saturated rings. The highest BCUT2D eigenvalue weighted by atomic mass is 79.9. The Kier molecular flexibility index (Phi) is 7.56. The normalized spacial score (nSPS) is 11.2. The third-order valence-electron chi connectivity index (χ3n) is 2.89. The summed E-state index contributed by atoms with van der Waals surface area (Å²) >= 11 is 3.52. The second kappa shape index (κ2) is 8.68. The molecule has 0 aliphatic carbocycles. The summed E-state index contributed by atoms with van der Waals surface area (Å²) in [5.74, 6) is 0.738. The first-order valence-corrected chi connectivity index (χ1v) is 7.55. The molecule has 18 heavy (non-hydrogen) atoms. The monoisotopic (exact) mass is 312 g/mol. The zero-order valence-corrected chi connectivity index (χ0v) is 13.3. The molecule has 3 heteroatoms. The zero-order chi connectivity index (χ0) is 13.4. The third kappa shape index (κ3) is 6.53. The summed E-state index contributed by atoms with van der Waals surface area (Å²) in [6.45, 7) is 10.9. The van der Waals surface area contributed by atoms with Gasteiger partial charge in [-0.1, -0.05) is 35.8 Å². The molecule has 0 saturated heterocycles. The Morgan fingerprint density at radius 3 is 2.61 bits per heavy atom. The van der Waals surface area contributed by atoms with Crippen LogP contribution in [0.15, 0.2) is 22.7 Å². The van der Waals surface area contributed by atoms with E-state index in [0.717, 1.165) is 36.6 Å². The van der Waals surface area contributed by atoms with Gasteiger partial charge in [-0.15, -0.1) is 0 Å². The highest BCUT2D eigenvalue weighted by Gasteiger charge is 1.99. The fourth-order valence-corrected chi connectivity index (χ4v) is 2.19. The van der Waals surface area contributed by atoms with Crippen LogP contribution in [0, 0.1) is 12.8 Å². The van der Waals surface area contributed by atoms with E-state index in [0.29, 0.717) is 0 Å². The molecule has 0 spiro atoms. The smallest absolute Gasteiger partial charge is 0.0208 e. The van der Waals surface area contributed by atoms with Crippen molar-refractivity contribution >= 4 is 15.9 Å². The molecule has 0 saturated carbocycles. The van der Waals surface area contributed by atoms with Crippen LogP contribution in [0.1, 0.15) is 31.4 Å². The van der Waals surface area contributed by atoms with E-state index in [1.54, 1.807) is 0 Å². The Morgan fingerprint density at radius 2 is 1.89 bits per heavy atom. The Labute approximate surface area is 120 Å². The van der Waals surface area contributed by atoms with Gasteiger partial charge in [-0.2, -0.15) is 0 Å². The lowest BCUT2D eigenvalue weighted by Gasteiger charge is -2.10. The molecule has 1 aromatic rings. The van der Waals surface area contributed by atoms with E-state index in [4.69, 9.17) is 0 Å². The average Bonchev–Trinajstić information content (AvgIpc) is 2.32. The molecule has 0 bridgehead atoms. The van der Waals surface area contributed by atoms with E-state index < -0.39 is 0 Å². The van der Waals surface area contributed by atoms with E-state index in [2.05, 4.69) is 65.5 Å². The van der Waals surface area contributed by atoms with Crippen LogP contribution < -0.4 is 10.6 Å². The van der Waals surface area contributed by atoms with Crippen molar-refractivity contribution in [3.8, 4) is 0 Å². The second-order valence-electron chi connectivity index (χ2n) is 5.20. The Hall–Kier alpha value is -0.380. The standard InChI is InChI=1S/C15H25BrN2/c1-12(2)10-17-7-4-8-18-11-14-9-15(16)6-5-13(14)3/h5-6,9,12,17-18H,4,7-8,10-11H2,1-3H3. The van der Waals surface area contributed by atoms with Gasteiger partial charge in [-0.05, 0) is 62.2 Å². The summed E-state index contributed by atoms with van der Waals surface area (Å²) in [5.41, 5.74) is 2.73. The topological polar surface area (TPSA) is 24.1 Å². The van der Waals surface area contributed by atoms with Gasteiger partial charge in [0.1, 0.15) is 0 Å². The van der Waals surface area contributed by atoms with Gasteiger partial charge in [0.15, 0.2) is 0 Å². The number of benzene rings is 1. The minimum atomic E-state index is 0.738. The van der Waals surface area contributed by atoms with Gasteiger partial charge in [0, 0.05) is 11.0 Å². The molecule has 0 radical (unpaired) electrons. The van der Waals surface area contributed by atoms with Crippen LogP contribution >= 0.6 is 15.9 Å². The molecule has 0 heterocycles. The van der Waals surface area contributed by atoms with E-state index in [1.807, 2.05) is 0 Å². The molecular formula is C15H25BrN2. The van der Waals surface area contributed by atoms with Crippen LogP contribution in [0.3, 0.4) is 0 Å². The van der Waals surface area contributed by atoms with E-state index >= 15 is 0 Å². The van der Waals surface area contributed by atoms with Crippen molar-refractivity contribution in [2.75, 3.05) is 19.6 Å². The molecule has 0 atom stereocenters. The van der Waals surface area contributed by atoms with Crippen LogP contribution in [0.4, 0.5) is 0 Å². The maximum Gasteiger partial charge on any atom is 0.0208 e. The molecular weight excluding hydrogens is 288 g/mol. The molecule has 2 nitrogen and oxygen atoms in total. The van der Waals surface area contributed by atoms with Gasteiger partial charge in [0.25, 0.3) is 0 Å². The average molecular weight is 313 g/mol. The van der Waals surface area contributed by atoms with Crippen molar-refractivity contribution in [1.82, 2.24) is 10.6 Å². The zero-order valence-electron chi connectivity index (χ0n) is 11.7. The maximum atomic E-state index is 3.52. The number of hydrogen-bond acceptors (Lipinski definition) is 2. The van der Waals surface area contributed by atoms with Gasteiger partial charge < -0.3 is 10.6 Å². The number of halogens is 1. The lowest BCUT2D eigenvalue weighted by atomic mass is 10.1. The van der Waals surface area contributed by atoms with Crippen molar-refractivity contribution < 1.29 is 0 Å². The van der Waals surface area contributed by atoms with E-state index in [9.17, 15) is 0 Å². The summed E-state index contributed by atoms with van der Waals surface area (Å²) < 4.78 is 1.16.